The van der Waals surface area contributed by atoms with E-state index in [1.807, 2.05) is 31.4 Å². The van der Waals surface area contributed by atoms with Crippen molar-refractivity contribution in [1.29, 1.82) is 0 Å². The number of rotatable bonds is 4. The molecule has 0 bridgehead atoms. The Kier molecular flexibility index (Phi) is 4.28. The van der Waals surface area contributed by atoms with Gasteiger partial charge in [-0.2, -0.15) is 4.98 Å². The number of hydrogen-bond acceptors (Lipinski definition) is 5. The molecule has 0 amide bonds. The molecule has 1 fully saturated rings. The molecule has 2 aromatic heterocycles. The Morgan fingerprint density at radius 1 is 1.14 bits per heavy atom. The number of anilines is 2. The fraction of sp³-hybridized carbons (Fsp3) is 0.438. The van der Waals surface area contributed by atoms with Crippen molar-refractivity contribution >= 4 is 11.8 Å². The van der Waals surface area contributed by atoms with Crippen LogP contribution in [0.3, 0.4) is 0 Å². The lowest BCUT2D eigenvalue weighted by Crippen LogP contribution is -2.23. The molecule has 110 valence electrons. The highest BCUT2D eigenvalue weighted by Crippen LogP contribution is 2.23. The number of aromatic nitrogens is 3. The minimum atomic E-state index is 0.493. The third-order valence-corrected chi connectivity index (χ3v) is 3.88. The predicted molar refractivity (Wildman–Crippen MR) is 85.3 cm³/mol. The summed E-state index contributed by atoms with van der Waals surface area (Å²) in [6.07, 6.45) is 9.93. The second kappa shape index (κ2) is 6.52. The fourth-order valence-corrected chi connectivity index (χ4v) is 2.73. The van der Waals surface area contributed by atoms with Crippen molar-refractivity contribution in [2.24, 2.45) is 0 Å². The van der Waals surface area contributed by atoms with E-state index in [2.05, 4.69) is 25.6 Å². The molecule has 1 saturated carbocycles. The van der Waals surface area contributed by atoms with Gasteiger partial charge >= 0.3 is 0 Å². The van der Waals surface area contributed by atoms with Crippen molar-refractivity contribution in [2.75, 3.05) is 17.7 Å². The first-order chi connectivity index (χ1) is 10.3. The van der Waals surface area contributed by atoms with Crippen LogP contribution in [0.25, 0.3) is 11.3 Å². The number of nitrogens with one attached hydrogen (secondary N) is 2. The van der Waals surface area contributed by atoms with Gasteiger partial charge in [0.25, 0.3) is 0 Å². The molecule has 5 heteroatoms. The summed E-state index contributed by atoms with van der Waals surface area (Å²) < 4.78 is 0. The highest BCUT2D eigenvalue weighted by molar-refractivity contribution is 5.63. The summed E-state index contributed by atoms with van der Waals surface area (Å²) in [5.41, 5.74) is 1.89. The molecule has 2 aromatic rings. The molecule has 0 atom stereocenters. The minimum Gasteiger partial charge on any atom is -0.373 e. The molecule has 0 spiro atoms. The molecular formula is C16H21N5. The van der Waals surface area contributed by atoms with E-state index < -0.39 is 0 Å². The predicted octanol–water partition coefficient (Wildman–Crippen LogP) is 3.32. The van der Waals surface area contributed by atoms with E-state index >= 15 is 0 Å². The maximum Gasteiger partial charge on any atom is 0.225 e. The van der Waals surface area contributed by atoms with Crippen LogP contribution in [0.2, 0.25) is 0 Å². The highest BCUT2D eigenvalue weighted by Gasteiger charge is 2.15. The Bertz CT molecular complexity index is 578. The second-order valence-electron chi connectivity index (χ2n) is 5.43. The van der Waals surface area contributed by atoms with Crippen molar-refractivity contribution in [3.05, 3.63) is 30.6 Å². The molecule has 1 aliphatic rings. The Morgan fingerprint density at radius 3 is 2.71 bits per heavy atom. The van der Waals surface area contributed by atoms with Gasteiger partial charge in [0.05, 0.1) is 5.69 Å². The maximum atomic E-state index is 4.64. The Hall–Kier alpha value is -2.17. The van der Waals surface area contributed by atoms with Crippen molar-refractivity contribution < 1.29 is 0 Å². The molecular weight excluding hydrogens is 262 g/mol. The van der Waals surface area contributed by atoms with E-state index in [9.17, 15) is 0 Å². The van der Waals surface area contributed by atoms with Crippen molar-refractivity contribution in [2.45, 2.75) is 38.1 Å². The maximum absolute atomic E-state index is 4.64. The zero-order valence-corrected chi connectivity index (χ0v) is 12.3. The molecule has 2 heterocycles. The summed E-state index contributed by atoms with van der Waals surface area (Å²) in [5.74, 6) is 1.52. The van der Waals surface area contributed by atoms with Gasteiger partial charge < -0.3 is 10.6 Å². The number of hydrogen-bond donors (Lipinski definition) is 2. The molecule has 3 rings (SSSR count). The SMILES string of the molecule is CNc1cc(-c2cccnc2)nc(NC2CCCCC2)n1. The molecule has 0 saturated heterocycles. The molecule has 21 heavy (non-hydrogen) atoms. The van der Waals surface area contributed by atoms with Gasteiger partial charge in [-0.05, 0) is 25.0 Å². The smallest absolute Gasteiger partial charge is 0.225 e. The average molecular weight is 283 g/mol. The first-order valence-electron chi connectivity index (χ1n) is 7.59. The molecule has 2 N–H and O–H groups in total. The van der Waals surface area contributed by atoms with Crippen molar-refractivity contribution in [3.63, 3.8) is 0 Å². The molecule has 1 aliphatic carbocycles. The van der Waals surface area contributed by atoms with Crippen LogP contribution in [0.1, 0.15) is 32.1 Å². The third kappa shape index (κ3) is 3.48. The van der Waals surface area contributed by atoms with E-state index in [1.165, 1.54) is 32.1 Å². The second-order valence-corrected chi connectivity index (χ2v) is 5.43. The van der Waals surface area contributed by atoms with Crippen molar-refractivity contribution in [3.8, 4) is 11.3 Å². The molecule has 0 radical (unpaired) electrons. The summed E-state index contributed by atoms with van der Waals surface area (Å²) in [6.45, 7) is 0. The van der Waals surface area contributed by atoms with Gasteiger partial charge in [-0.1, -0.05) is 19.3 Å². The number of nitrogens with zero attached hydrogens (tertiary/aromatic N) is 3. The summed E-state index contributed by atoms with van der Waals surface area (Å²) in [4.78, 5) is 13.3. The van der Waals surface area contributed by atoms with Crippen LogP contribution in [0.5, 0.6) is 0 Å². The van der Waals surface area contributed by atoms with Crippen LogP contribution in [-0.2, 0) is 0 Å². The first kappa shape index (κ1) is 13.8. The van der Waals surface area contributed by atoms with Gasteiger partial charge in [0.2, 0.25) is 5.95 Å². The molecule has 0 unspecified atom stereocenters. The van der Waals surface area contributed by atoms with Crippen LogP contribution in [0.4, 0.5) is 11.8 Å². The normalized spacial score (nSPS) is 15.7. The van der Waals surface area contributed by atoms with Crippen LogP contribution >= 0.6 is 0 Å². The lowest BCUT2D eigenvalue weighted by atomic mass is 9.96. The molecule has 0 aliphatic heterocycles. The van der Waals surface area contributed by atoms with Crippen molar-refractivity contribution in [1.82, 2.24) is 15.0 Å². The minimum absolute atomic E-state index is 0.493. The van der Waals surface area contributed by atoms with Crippen LogP contribution < -0.4 is 10.6 Å². The average Bonchev–Trinajstić information content (AvgIpc) is 2.56. The lowest BCUT2D eigenvalue weighted by molar-refractivity contribution is 0.461. The summed E-state index contributed by atoms with van der Waals surface area (Å²) in [5, 5.41) is 6.59. The van der Waals surface area contributed by atoms with E-state index in [0.717, 1.165) is 17.1 Å². The van der Waals surface area contributed by atoms with E-state index in [1.54, 1.807) is 6.20 Å². The standard InChI is InChI=1S/C16H21N5/c1-17-15-10-14(12-6-5-9-18-11-12)20-16(21-15)19-13-7-3-2-4-8-13/h5-6,9-11,13H,2-4,7-8H2,1H3,(H2,17,19,20,21). The van der Waals surface area contributed by atoms with Gasteiger partial charge in [0.15, 0.2) is 0 Å². The van der Waals surface area contributed by atoms with Gasteiger partial charge in [0.1, 0.15) is 5.82 Å². The quantitative estimate of drug-likeness (QED) is 0.901. The van der Waals surface area contributed by atoms with Gasteiger partial charge in [-0.25, -0.2) is 4.98 Å². The van der Waals surface area contributed by atoms with Gasteiger partial charge in [0, 0.05) is 37.1 Å². The van der Waals surface area contributed by atoms with Crippen LogP contribution in [-0.4, -0.2) is 28.0 Å². The van der Waals surface area contributed by atoms with Gasteiger partial charge in [-0.3, -0.25) is 4.98 Å². The number of pyridine rings is 1. The van der Waals surface area contributed by atoms with E-state index in [0.29, 0.717) is 12.0 Å². The van der Waals surface area contributed by atoms with Crippen LogP contribution in [0.15, 0.2) is 30.6 Å². The highest BCUT2D eigenvalue weighted by atomic mass is 15.2. The monoisotopic (exact) mass is 283 g/mol. The molecule has 0 aromatic carbocycles. The van der Waals surface area contributed by atoms with E-state index in [-0.39, 0.29) is 0 Å². The third-order valence-electron chi connectivity index (χ3n) is 3.88. The largest absolute Gasteiger partial charge is 0.373 e. The first-order valence-corrected chi connectivity index (χ1v) is 7.59. The topological polar surface area (TPSA) is 62.7 Å². The lowest BCUT2D eigenvalue weighted by Gasteiger charge is -2.23. The Morgan fingerprint density at radius 2 is 2.00 bits per heavy atom. The van der Waals surface area contributed by atoms with Crippen LogP contribution in [0, 0.1) is 0 Å². The van der Waals surface area contributed by atoms with E-state index in [4.69, 9.17) is 0 Å². The zero-order valence-electron chi connectivity index (χ0n) is 12.3. The zero-order chi connectivity index (χ0) is 14.5. The Balaban J connectivity index is 1.86. The summed E-state index contributed by atoms with van der Waals surface area (Å²) in [7, 11) is 1.87. The summed E-state index contributed by atoms with van der Waals surface area (Å²) >= 11 is 0. The van der Waals surface area contributed by atoms with Gasteiger partial charge in [-0.15, -0.1) is 0 Å². The summed E-state index contributed by atoms with van der Waals surface area (Å²) in [6, 6.07) is 6.38. The molecule has 5 nitrogen and oxygen atoms in total. The Labute approximate surface area is 125 Å². The fourth-order valence-electron chi connectivity index (χ4n) is 2.73.